The van der Waals surface area contributed by atoms with Crippen LogP contribution in [0.2, 0.25) is 0 Å². The van der Waals surface area contributed by atoms with E-state index in [1.54, 1.807) is 25.1 Å². The SMILES string of the molecule is Cc1cc(=O)c(C(=O)NC2CCCCC2)nn1-c1ccccc1F. The van der Waals surface area contributed by atoms with Crippen molar-refractivity contribution in [3.05, 3.63) is 57.8 Å². The number of nitrogens with one attached hydrogen (secondary N) is 1. The maximum absolute atomic E-state index is 14.0. The minimum Gasteiger partial charge on any atom is -0.348 e. The first-order chi connectivity index (χ1) is 11.6. The fourth-order valence-corrected chi connectivity index (χ4v) is 3.07. The molecule has 24 heavy (non-hydrogen) atoms. The number of aromatic nitrogens is 2. The monoisotopic (exact) mass is 329 g/mol. The third-order valence-corrected chi connectivity index (χ3v) is 4.34. The van der Waals surface area contributed by atoms with Gasteiger partial charge in [-0.25, -0.2) is 9.07 Å². The van der Waals surface area contributed by atoms with Crippen molar-refractivity contribution < 1.29 is 9.18 Å². The fraction of sp³-hybridized carbons (Fsp3) is 0.389. The summed E-state index contributed by atoms with van der Waals surface area (Å²) in [6.07, 6.45) is 5.16. The molecule has 5 nitrogen and oxygen atoms in total. The average molecular weight is 329 g/mol. The van der Waals surface area contributed by atoms with Crippen LogP contribution < -0.4 is 10.7 Å². The summed E-state index contributed by atoms with van der Waals surface area (Å²) in [4.78, 5) is 24.6. The second kappa shape index (κ2) is 6.95. The highest BCUT2D eigenvalue weighted by atomic mass is 19.1. The Labute approximate surface area is 139 Å². The van der Waals surface area contributed by atoms with Gasteiger partial charge in [-0.05, 0) is 31.9 Å². The number of carbonyl (C=O) groups is 1. The first-order valence-electron chi connectivity index (χ1n) is 8.23. The van der Waals surface area contributed by atoms with Crippen LogP contribution in [0, 0.1) is 12.7 Å². The van der Waals surface area contributed by atoms with E-state index >= 15 is 0 Å². The molecule has 126 valence electrons. The van der Waals surface area contributed by atoms with Crippen LogP contribution in [0.3, 0.4) is 0 Å². The largest absolute Gasteiger partial charge is 0.348 e. The van der Waals surface area contributed by atoms with Crippen molar-refractivity contribution in [3.8, 4) is 5.69 Å². The zero-order valence-electron chi connectivity index (χ0n) is 13.6. The Kier molecular flexibility index (Phi) is 4.74. The highest BCUT2D eigenvalue weighted by Gasteiger charge is 2.21. The summed E-state index contributed by atoms with van der Waals surface area (Å²) in [6, 6.07) is 7.52. The number of amides is 1. The van der Waals surface area contributed by atoms with E-state index < -0.39 is 17.2 Å². The zero-order valence-corrected chi connectivity index (χ0v) is 13.6. The van der Waals surface area contributed by atoms with E-state index in [-0.39, 0.29) is 17.4 Å². The van der Waals surface area contributed by atoms with E-state index in [0.29, 0.717) is 5.69 Å². The summed E-state index contributed by atoms with van der Waals surface area (Å²) in [7, 11) is 0. The van der Waals surface area contributed by atoms with Crippen molar-refractivity contribution in [2.75, 3.05) is 0 Å². The van der Waals surface area contributed by atoms with E-state index in [1.165, 1.54) is 23.2 Å². The Morgan fingerprint density at radius 3 is 2.67 bits per heavy atom. The van der Waals surface area contributed by atoms with Crippen LogP contribution in [0.15, 0.2) is 35.1 Å². The molecule has 1 fully saturated rings. The number of nitrogens with zero attached hydrogens (tertiary/aromatic N) is 2. The number of para-hydroxylation sites is 1. The van der Waals surface area contributed by atoms with Crippen molar-refractivity contribution in [3.63, 3.8) is 0 Å². The Bertz CT molecular complexity index is 810. The summed E-state index contributed by atoms with van der Waals surface area (Å²) in [5, 5.41) is 7.00. The molecule has 1 aliphatic rings. The number of hydrogen-bond acceptors (Lipinski definition) is 3. The number of aryl methyl sites for hydroxylation is 1. The van der Waals surface area contributed by atoms with Crippen molar-refractivity contribution in [2.24, 2.45) is 0 Å². The minimum atomic E-state index is -0.489. The molecule has 1 heterocycles. The molecule has 0 unspecified atom stereocenters. The lowest BCUT2D eigenvalue weighted by Gasteiger charge is -2.22. The summed E-state index contributed by atoms with van der Waals surface area (Å²) < 4.78 is 15.3. The van der Waals surface area contributed by atoms with Crippen LogP contribution >= 0.6 is 0 Å². The molecule has 1 aromatic carbocycles. The number of benzene rings is 1. The van der Waals surface area contributed by atoms with E-state index in [9.17, 15) is 14.0 Å². The van der Waals surface area contributed by atoms with Gasteiger partial charge in [0.1, 0.15) is 11.5 Å². The number of rotatable bonds is 3. The molecule has 0 radical (unpaired) electrons. The molecule has 2 aromatic rings. The number of carbonyl (C=O) groups excluding carboxylic acids is 1. The maximum atomic E-state index is 14.0. The predicted molar refractivity (Wildman–Crippen MR) is 88.9 cm³/mol. The second-order valence-electron chi connectivity index (χ2n) is 6.17. The quantitative estimate of drug-likeness (QED) is 0.942. The lowest BCUT2D eigenvalue weighted by Crippen LogP contribution is -2.39. The Balaban J connectivity index is 1.94. The van der Waals surface area contributed by atoms with Gasteiger partial charge < -0.3 is 5.32 Å². The van der Waals surface area contributed by atoms with Gasteiger partial charge in [0.25, 0.3) is 5.91 Å². The molecule has 0 spiro atoms. The first kappa shape index (κ1) is 16.4. The highest BCUT2D eigenvalue weighted by molar-refractivity contribution is 5.92. The van der Waals surface area contributed by atoms with Gasteiger partial charge in [0, 0.05) is 17.8 Å². The first-order valence-corrected chi connectivity index (χ1v) is 8.23. The molecule has 1 saturated carbocycles. The van der Waals surface area contributed by atoms with Gasteiger partial charge in [0.05, 0.1) is 0 Å². The van der Waals surface area contributed by atoms with Crippen LogP contribution in [0.4, 0.5) is 4.39 Å². The van der Waals surface area contributed by atoms with Crippen molar-refractivity contribution >= 4 is 5.91 Å². The normalized spacial score (nSPS) is 15.2. The maximum Gasteiger partial charge on any atom is 0.276 e. The third-order valence-electron chi connectivity index (χ3n) is 4.34. The summed E-state index contributed by atoms with van der Waals surface area (Å²) in [5.41, 5.74) is 0.0314. The average Bonchev–Trinajstić information content (AvgIpc) is 2.57. The Morgan fingerprint density at radius 2 is 1.96 bits per heavy atom. The molecule has 1 aliphatic carbocycles. The third kappa shape index (κ3) is 3.37. The smallest absolute Gasteiger partial charge is 0.276 e. The molecule has 0 atom stereocenters. The molecule has 1 N–H and O–H groups in total. The Hall–Kier alpha value is -2.50. The molecular formula is C18H20FN3O2. The van der Waals surface area contributed by atoms with Gasteiger partial charge in [0.2, 0.25) is 5.43 Å². The van der Waals surface area contributed by atoms with Crippen LogP contribution in [0.25, 0.3) is 5.69 Å². The van der Waals surface area contributed by atoms with Gasteiger partial charge in [-0.2, -0.15) is 5.10 Å². The van der Waals surface area contributed by atoms with E-state index in [4.69, 9.17) is 0 Å². The van der Waals surface area contributed by atoms with Crippen LogP contribution in [0.5, 0.6) is 0 Å². The topological polar surface area (TPSA) is 64.0 Å². The van der Waals surface area contributed by atoms with Gasteiger partial charge >= 0.3 is 0 Å². The van der Waals surface area contributed by atoms with Crippen molar-refractivity contribution in [2.45, 2.75) is 45.1 Å². The van der Waals surface area contributed by atoms with Crippen LogP contribution in [-0.2, 0) is 0 Å². The lowest BCUT2D eigenvalue weighted by atomic mass is 9.95. The van der Waals surface area contributed by atoms with Crippen LogP contribution in [0.1, 0.15) is 48.3 Å². The van der Waals surface area contributed by atoms with E-state index in [1.807, 2.05) is 0 Å². The molecule has 3 rings (SSSR count). The van der Waals surface area contributed by atoms with Crippen molar-refractivity contribution in [1.29, 1.82) is 0 Å². The summed E-state index contributed by atoms with van der Waals surface area (Å²) >= 11 is 0. The lowest BCUT2D eigenvalue weighted by molar-refractivity contribution is 0.0919. The van der Waals surface area contributed by atoms with E-state index in [0.717, 1.165) is 25.7 Å². The second-order valence-corrected chi connectivity index (χ2v) is 6.17. The minimum absolute atomic E-state index is 0.0793. The summed E-state index contributed by atoms with van der Waals surface area (Å²) in [6.45, 7) is 1.66. The standard InChI is InChI=1S/C18H20FN3O2/c1-12-11-16(23)17(18(24)20-13-7-3-2-4-8-13)21-22(12)15-10-6-5-9-14(15)19/h5-6,9-11,13H,2-4,7-8H2,1H3,(H,20,24). The zero-order chi connectivity index (χ0) is 17.1. The highest BCUT2D eigenvalue weighted by Crippen LogP contribution is 2.18. The molecular weight excluding hydrogens is 309 g/mol. The van der Waals surface area contributed by atoms with Gasteiger partial charge in [0.15, 0.2) is 5.69 Å². The van der Waals surface area contributed by atoms with Crippen molar-refractivity contribution in [1.82, 2.24) is 15.1 Å². The molecule has 0 aliphatic heterocycles. The van der Waals surface area contributed by atoms with Crippen LogP contribution in [-0.4, -0.2) is 21.7 Å². The predicted octanol–water partition coefficient (Wildman–Crippen LogP) is 2.74. The van der Waals surface area contributed by atoms with Gasteiger partial charge in [-0.15, -0.1) is 0 Å². The molecule has 0 saturated heterocycles. The molecule has 1 aromatic heterocycles. The van der Waals surface area contributed by atoms with Gasteiger partial charge in [-0.3, -0.25) is 9.59 Å². The van der Waals surface area contributed by atoms with E-state index in [2.05, 4.69) is 10.4 Å². The Morgan fingerprint density at radius 1 is 1.25 bits per heavy atom. The molecule has 1 amide bonds. The van der Waals surface area contributed by atoms with Gasteiger partial charge in [-0.1, -0.05) is 31.4 Å². The summed E-state index contributed by atoms with van der Waals surface area (Å²) in [5.74, 6) is -0.952. The molecule has 0 bridgehead atoms. The number of halogens is 1. The molecule has 6 heteroatoms. The number of hydrogen-bond donors (Lipinski definition) is 1. The fourth-order valence-electron chi connectivity index (χ4n) is 3.07.